The van der Waals surface area contributed by atoms with Crippen molar-refractivity contribution in [3.63, 3.8) is 0 Å². The minimum absolute atomic E-state index is 0.0726. The van der Waals surface area contributed by atoms with Gasteiger partial charge in [0.05, 0.1) is 11.9 Å². The first-order valence-corrected chi connectivity index (χ1v) is 8.44. The molecule has 0 aliphatic rings. The molecule has 0 heterocycles. The van der Waals surface area contributed by atoms with E-state index in [0.29, 0.717) is 16.1 Å². The molecule has 0 fully saturated rings. The molecule has 0 saturated heterocycles. The molecule has 0 bridgehead atoms. The number of hydrogen-bond acceptors (Lipinski definition) is 3. The summed E-state index contributed by atoms with van der Waals surface area (Å²) in [6.45, 7) is -0.0726. The molecule has 0 radical (unpaired) electrons. The summed E-state index contributed by atoms with van der Waals surface area (Å²) >= 11 is 5.76. The molecule has 1 unspecified atom stereocenters. The second-order valence-electron chi connectivity index (χ2n) is 4.66. The zero-order valence-corrected chi connectivity index (χ0v) is 12.8. The van der Waals surface area contributed by atoms with Crippen molar-refractivity contribution in [3.8, 4) is 0 Å². The monoisotopic (exact) mass is 325 g/mol. The van der Waals surface area contributed by atoms with Gasteiger partial charge in [-0.15, -0.1) is 0 Å². The van der Waals surface area contributed by atoms with Crippen LogP contribution in [0.3, 0.4) is 0 Å². The first kappa shape index (κ1) is 16.0. The third kappa shape index (κ3) is 5.13. The fourth-order valence-electron chi connectivity index (χ4n) is 1.85. The molecule has 4 nitrogen and oxygen atoms in total. The fourth-order valence-corrected chi connectivity index (χ4v) is 3.12. The number of sulfonamides is 1. The molecule has 0 aromatic heterocycles. The van der Waals surface area contributed by atoms with Crippen LogP contribution in [0.2, 0.25) is 5.02 Å². The van der Waals surface area contributed by atoms with Crippen LogP contribution in [0.25, 0.3) is 0 Å². The van der Waals surface area contributed by atoms with E-state index in [4.69, 9.17) is 11.6 Å². The van der Waals surface area contributed by atoms with Crippen LogP contribution in [0, 0.1) is 0 Å². The maximum atomic E-state index is 11.9. The van der Waals surface area contributed by atoms with E-state index in [1.807, 2.05) is 6.07 Å². The van der Waals surface area contributed by atoms with Crippen molar-refractivity contribution in [3.05, 3.63) is 70.7 Å². The molecule has 21 heavy (non-hydrogen) atoms. The van der Waals surface area contributed by atoms with Gasteiger partial charge in [0.1, 0.15) is 0 Å². The van der Waals surface area contributed by atoms with Crippen LogP contribution in [0.15, 0.2) is 54.6 Å². The van der Waals surface area contributed by atoms with Gasteiger partial charge in [0.15, 0.2) is 0 Å². The molecule has 1 atom stereocenters. The second kappa shape index (κ2) is 7.04. The van der Waals surface area contributed by atoms with E-state index in [1.54, 1.807) is 48.5 Å². The third-order valence-electron chi connectivity index (χ3n) is 2.95. The second-order valence-corrected chi connectivity index (χ2v) is 6.90. The average molecular weight is 326 g/mol. The third-order valence-corrected chi connectivity index (χ3v) is 4.52. The minimum Gasteiger partial charge on any atom is -0.387 e. The van der Waals surface area contributed by atoms with Crippen LogP contribution in [-0.2, 0) is 15.8 Å². The molecule has 0 spiro atoms. The van der Waals surface area contributed by atoms with Crippen molar-refractivity contribution >= 4 is 21.6 Å². The summed E-state index contributed by atoms with van der Waals surface area (Å²) in [5.74, 6) is -0.110. The SMILES string of the molecule is O=S(=O)(Cc1ccccc1)NCC(O)c1ccc(Cl)cc1. The summed E-state index contributed by atoms with van der Waals surface area (Å²) in [6, 6.07) is 15.5. The van der Waals surface area contributed by atoms with Crippen LogP contribution >= 0.6 is 11.6 Å². The molecule has 2 rings (SSSR count). The van der Waals surface area contributed by atoms with Gasteiger partial charge in [-0.2, -0.15) is 0 Å². The van der Waals surface area contributed by atoms with E-state index in [-0.39, 0.29) is 12.3 Å². The Morgan fingerprint density at radius 3 is 2.29 bits per heavy atom. The Hall–Kier alpha value is -1.40. The van der Waals surface area contributed by atoms with Gasteiger partial charge in [0.2, 0.25) is 10.0 Å². The number of aliphatic hydroxyl groups is 1. The average Bonchev–Trinajstić information content (AvgIpc) is 2.46. The van der Waals surface area contributed by atoms with Gasteiger partial charge in [-0.05, 0) is 23.3 Å². The summed E-state index contributed by atoms with van der Waals surface area (Å²) in [7, 11) is -3.48. The molecule has 2 aromatic carbocycles. The van der Waals surface area contributed by atoms with Crippen LogP contribution in [0.4, 0.5) is 0 Å². The van der Waals surface area contributed by atoms with E-state index >= 15 is 0 Å². The number of nitrogens with one attached hydrogen (secondary N) is 1. The molecule has 0 amide bonds. The lowest BCUT2D eigenvalue weighted by Gasteiger charge is -2.13. The van der Waals surface area contributed by atoms with E-state index in [2.05, 4.69) is 4.72 Å². The predicted octanol–water partition coefficient (Wildman–Crippen LogP) is 2.49. The van der Waals surface area contributed by atoms with E-state index < -0.39 is 16.1 Å². The first-order valence-electron chi connectivity index (χ1n) is 6.41. The Bertz CT molecular complexity index is 672. The summed E-state index contributed by atoms with van der Waals surface area (Å²) in [6.07, 6.45) is -0.909. The standard InChI is InChI=1S/C15H16ClNO3S/c16-14-8-6-13(7-9-14)15(18)10-17-21(19,20)11-12-4-2-1-3-5-12/h1-9,15,17-18H,10-11H2. The highest BCUT2D eigenvalue weighted by atomic mass is 35.5. The number of aliphatic hydroxyl groups excluding tert-OH is 1. The van der Waals surface area contributed by atoms with Gasteiger partial charge in [-0.25, -0.2) is 13.1 Å². The Balaban J connectivity index is 1.93. The number of benzene rings is 2. The zero-order chi connectivity index (χ0) is 15.3. The Kier molecular flexibility index (Phi) is 5.36. The molecule has 2 N–H and O–H groups in total. The summed E-state index contributed by atoms with van der Waals surface area (Å²) in [5, 5.41) is 10.5. The van der Waals surface area contributed by atoms with Crippen LogP contribution < -0.4 is 4.72 Å². The molecule has 0 saturated carbocycles. The number of rotatable bonds is 6. The smallest absolute Gasteiger partial charge is 0.215 e. The van der Waals surface area contributed by atoms with Gasteiger partial charge >= 0.3 is 0 Å². The van der Waals surface area contributed by atoms with Crippen molar-refractivity contribution in [2.45, 2.75) is 11.9 Å². The quantitative estimate of drug-likeness (QED) is 0.857. The van der Waals surface area contributed by atoms with Gasteiger partial charge in [-0.3, -0.25) is 0 Å². The predicted molar refractivity (Wildman–Crippen MR) is 83.5 cm³/mol. The fraction of sp³-hybridized carbons (Fsp3) is 0.200. The molecular weight excluding hydrogens is 310 g/mol. The lowest BCUT2D eigenvalue weighted by molar-refractivity contribution is 0.182. The van der Waals surface area contributed by atoms with Crippen molar-refractivity contribution in [2.75, 3.05) is 6.54 Å². The van der Waals surface area contributed by atoms with Gasteiger partial charge in [0.25, 0.3) is 0 Å². The topological polar surface area (TPSA) is 66.4 Å². The van der Waals surface area contributed by atoms with E-state index in [1.165, 1.54) is 0 Å². The molecule has 2 aromatic rings. The Morgan fingerprint density at radius 1 is 1.05 bits per heavy atom. The largest absolute Gasteiger partial charge is 0.387 e. The van der Waals surface area contributed by atoms with Crippen molar-refractivity contribution in [2.24, 2.45) is 0 Å². The molecule has 6 heteroatoms. The molecular formula is C15H16ClNO3S. The Labute approximate surface area is 129 Å². The lowest BCUT2D eigenvalue weighted by atomic mass is 10.1. The van der Waals surface area contributed by atoms with Crippen molar-refractivity contribution in [1.29, 1.82) is 0 Å². The van der Waals surface area contributed by atoms with E-state index in [9.17, 15) is 13.5 Å². The molecule has 0 aliphatic heterocycles. The zero-order valence-electron chi connectivity index (χ0n) is 11.2. The van der Waals surface area contributed by atoms with Crippen molar-refractivity contribution in [1.82, 2.24) is 4.72 Å². The van der Waals surface area contributed by atoms with Gasteiger partial charge in [0, 0.05) is 11.6 Å². The highest BCUT2D eigenvalue weighted by Gasteiger charge is 2.14. The number of halogens is 1. The first-order chi connectivity index (χ1) is 9.96. The van der Waals surface area contributed by atoms with Crippen LogP contribution in [-0.4, -0.2) is 20.1 Å². The van der Waals surface area contributed by atoms with Crippen LogP contribution in [0.5, 0.6) is 0 Å². The maximum absolute atomic E-state index is 11.9. The minimum atomic E-state index is -3.48. The molecule has 112 valence electrons. The Morgan fingerprint density at radius 2 is 1.67 bits per heavy atom. The normalized spacial score (nSPS) is 13.0. The lowest BCUT2D eigenvalue weighted by Crippen LogP contribution is -2.29. The van der Waals surface area contributed by atoms with E-state index in [0.717, 1.165) is 0 Å². The highest BCUT2D eigenvalue weighted by molar-refractivity contribution is 7.88. The summed E-state index contributed by atoms with van der Waals surface area (Å²) < 4.78 is 26.3. The highest BCUT2D eigenvalue weighted by Crippen LogP contribution is 2.16. The maximum Gasteiger partial charge on any atom is 0.215 e. The van der Waals surface area contributed by atoms with Crippen molar-refractivity contribution < 1.29 is 13.5 Å². The van der Waals surface area contributed by atoms with Crippen LogP contribution in [0.1, 0.15) is 17.2 Å². The summed E-state index contributed by atoms with van der Waals surface area (Å²) in [4.78, 5) is 0. The van der Waals surface area contributed by atoms with Gasteiger partial charge in [-0.1, -0.05) is 54.1 Å². The molecule has 0 aliphatic carbocycles. The summed E-state index contributed by atoms with van der Waals surface area (Å²) in [5.41, 5.74) is 1.31. The number of hydrogen-bond donors (Lipinski definition) is 2. The van der Waals surface area contributed by atoms with Gasteiger partial charge < -0.3 is 5.11 Å².